The number of hydrogen-bond acceptors (Lipinski definition) is 7. The third kappa shape index (κ3) is 7.08. The molecule has 0 unspecified atom stereocenters. The van der Waals surface area contributed by atoms with Crippen LogP contribution in [0.15, 0.2) is 35.5 Å². The fourth-order valence-electron chi connectivity index (χ4n) is 3.88. The molecule has 184 valence electrons. The van der Waals surface area contributed by atoms with Crippen LogP contribution in [0.4, 0.5) is 0 Å². The standard InChI is InChI=1S/C25H32ClN3O5/c1-2-18-15-21(30)24(26)20-16-19(28-34-17-22(31)29-12-10-27-11-13-29)9-7-5-3-4-6-8-14-33-25(32)23(18)20/h4,6-7,9,15,27,30H,2-3,5,8,10-14,16-17H2,1H3/b6-4+,9-7+,28-19-. The van der Waals surface area contributed by atoms with Gasteiger partial charge < -0.3 is 24.9 Å². The summed E-state index contributed by atoms with van der Waals surface area (Å²) in [6.45, 7) is 4.75. The number of esters is 1. The van der Waals surface area contributed by atoms with Crippen molar-refractivity contribution in [2.45, 2.75) is 39.0 Å². The summed E-state index contributed by atoms with van der Waals surface area (Å²) in [5.41, 5.74) is 1.89. The second kappa shape index (κ2) is 13.2. The second-order valence-corrected chi connectivity index (χ2v) is 8.49. The Labute approximate surface area is 205 Å². The van der Waals surface area contributed by atoms with Crippen molar-refractivity contribution < 1.29 is 24.3 Å². The fourth-order valence-corrected chi connectivity index (χ4v) is 4.09. The minimum atomic E-state index is -0.489. The van der Waals surface area contributed by atoms with Crippen LogP contribution in [0.25, 0.3) is 0 Å². The molecule has 9 heteroatoms. The lowest BCUT2D eigenvalue weighted by Crippen LogP contribution is -2.47. The van der Waals surface area contributed by atoms with Crippen molar-refractivity contribution in [2.24, 2.45) is 5.16 Å². The summed E-state index contributed by atoms with van der Waals surface area (Å²) in [5.74, 6) is -0.724. The number of ether oxygens (including phenoxy) is 1. The molecule has 0 aromatic heterocycles. The molecule has 1 aromatic carbocycles. The van der Waals surface area contributed by atoms with Gasteiger partial charge in [-0.2, -0.15) is 0 Å². The van der Waals surface area contributed by atoms with Crippen molar-refractivity contribution >= 4 is 29.2 Å². The lowest BCUT2D eigenvalue weighted by Gasteiger charge is -2.26. The Morgan fingerprint density at radius 3 is 2.74 bits per heavy atom. The molecular formula is C25H32ClN3O5. The molecule has 1 amide bonds. The van der Waals surface area contributed by atoms with Crippen molar-refractivity contribution in [3.05, 3.63) is 52.1 Å². The van der Waals surface area contributed by atoms with E-state index in [4.69, 9.17) is 21.2 Å². The monoisotopic (exact) mass is 489 g/mol. The van der Waals surface area contributed by atoms with Gasteiger partial charge in [0.25, 0.3) is 5.91 Å². The van der Waals surface area contributed by atoms with Crippen LogP contribution < -0.4 is 5.32 Å². The van der Waals surface area contributed by atoms with Crippen molar-refractivity contribution in [2.75, 3.05) is 39.4 Å². The van der Waals surface area contributed by atoms with Crippen LogP contribution in [-0.4, -0.2) is 67.0 Å². The number of phenolic OH excluding ortho intramolecular Hbond substituents is 1. The van der Waals surface area contributed by atoms with Gasteiger partial charge in [-0.3, -0.25) is 4.79 Å². The molecule has 3 rings (SSSR count). The maximum absolute atomic E-state index is 13.0. The molecule has 0 spiro atoms. The molecule has 0 aliphatic carbocycles. The Balaban J connectivity index is 1.89. The highest BCUT2D eigenvalue weighted by atomic mass is 35.5. The molecule has 0 bridgehead atoms. The lowest BCUT2D eigenvalue weighted by atomic mass is 9.94. The van der Waals surface area contributed by atoms with Gasteiger partial charge in [-0.1, -0.05) is 41.9 Å². The van der Waals surface area contributed by atoms with Crippen LogP contribution in [0.3, 0.4) is 0 Å². The van der Waals surface area contributed by atoms with Gasteiger partial charge in [0.2, 0.25) is 0 Å². The summed E-state index contributed by atoms with van der Waals surface area (Å²) >= 11 is 6.45. The largest absolute Gasteiger partial charge is 0.506 e. The molecule has 0 saturated carbocycles. The average Bonchev–Trinajstić information content (AvgIpc) is 2.85. The van der Waals surface area contributed by atoms with Gasteiger partial charge in [-0.15, -0.1) is 0 Å². The number of aromatic hydroxyl groups is 1. The van der Waals surface area contributed by atoms with E-state index in [0.29, 0.717) is 48.3 Å². The number of hydrogen-bond donors (Lipinski definition) is 2. The third-order valence-electron chi connectivity index (χ3n) is 5.70. The van der Waals surface area contributed by atoms with E-state index in [-0.39, 0.29) is 36.3 Å². The predicted molar refractivity (Wildman–Crippen MR) is 131 cm³/mol. The molecule has 8 nitrogen and oxygen atoms in total. The molecule has 2 heterocycles. The first-order valence-electron chi connectivity index (χ1n) is 11.7. The Kier molecular flexibility index (Phi) is 9.97. The van der Waals surface area contributed by atoms with Crippen molar-refractivity contribution in [1.29, 1.82) is 0 Å². The first-order valence-corrected chi connectivity index (χ1v) is 12.1. The Hall–Kier alpha value is -2.84. The number of piperazine rings is 1. The Morgan fingerprint density at radius 1 is 1.24 bits per heavy atom. The van der Waals surface area contributed by atoms with Gasteiger partial charge in [0, 0.05) is 32.6 Å². The number of fused-ring (bicyclic) bond motifs is 1. The number of amides is 1. The van der Waals surface area contributed by atoms with E-state index in [9.17, 15) is 14.7 Å². The highest BCUT2D eigenvalue weighted by Crippen LogP contribution is 2.34. The zero-order valence-electron chi connectivity index (χ0n) is 19.5. The van der Waals surface area contributed by atoms with Gasteiger partial charge in [0.1, 0.15) is 5.75 Å². The number of halogens is 1. The highest BCUT2D eigenvalue weighted by Gasteiger charge is 2.24. The smallest absolute Gasteiger partial charge is 0.338 e. The molecule has 2 aliphatic heterocycles. The molecule has 34 heavy (non-hydrogen) atoms. The van der Waals surface area contributed by atoms with Crippen molar-refractivity contribution in [3.8, 4) is 5.75 Å². The highest BCUT2D eigenvalue weighted by molar-refractivity contribution is 6.33. The summed E-state index contributed by atoms with van der Waals surface area (Å²) < 4.78 is 5.49. The second-order valence-electron chi connectivity index (χ2n) is 8.12. The average molecular weight is 490 g/mol. The normalized spacial score (nSPS) is 20.7. The van der Waals surface area contributed by atoms with Gasteiger partial charge in [0.05, 0.1) is 22.9 Å². The fraction of sp³-hybridized carbons (Fsp3) is 0.480. The number of carbonyl (C=O) groups excluding carboxylic acids is 2. The predicted octanol–water partition coefficient (Wildman–Crippen LogP) is 3.41. The molecule has 2 N–H and O–H groups in total. The minimum absolute atomic E-state index is 0.0779. The first kappa shape index (κ1) is 25.8. The minimum Gasteiger partial charge on any atom is -0.506 e. The van der Waals surface area contributed by atoms with Crippen LogP contribution >= 0.6 is 11.6 Å². The molecule has 1 saturated heterocycles. The van der Waals surface area contributed by atoms with Crippen molar-refractivity contribution in [3.63, 3.8) is 0 Å². The topological polar surface area (TPSA) is 100 Å². The van der Waals surface area contributed by atoms with E-state index in [1.807, 2.05) is 25.2 Å². The summed E-state index contributed by atoms with van der Waals surface area (Å²) in [6.07, 6.45) is 10.7. The number of oxime groups is 1. The molecule has 0 radical (unpaired) electrons. The van der Waals surface area contributed by atoms with E-state index in [0.717, 1.165) is 25.9 Å². The number of carbonyl (C=O) groups is 2. The summed E-state index contributed by atoms with van der Waals surface area (Å²) in [6, 6.07) is 1.50. The van der Waals surface area contributed by atoms with Gasteiger partial charge in [0.15, 0.2) is 6.61 Å². The number of aryl methyl sites for hydroxylation is 1. The maximum Gasteiger partial charge on any atom is 0.338 e. The van der Waals surface area contributed by atoms with Gasteiger partial charge in [-0.05, 0) is 49.0 Å². The SMILES string of the molecule is CCc1cc(O)c(Cl)c2c1C(=O)OCC/C=C/CC/C=C/C(=N/OCC(=O)N1CCNCC1)C2. The van der Waals surface area contributed by atoms with Crippen molar-refractivity contribution in [1.82, 2.24) is 10.2 Å². The zero-order chi connectivity index (χ0) is 24.3. The van der Waals surface area contributed by atoms with Gasteiger partial charge >= 0.3 is 5.97 Å². The van der Waals surface area contributed by atoms with Crippen LogP contribution in [-0.2, 0) is 27.2 Å². The van der Waals surface area contributed by atoms with Crippen LogP contribution in [0.1, 0.15) is 47.7 Å². The summed E-state index contributed by atoms with van der Waals surface area (Å²) in [7, 11) is 0. The van der Waals surface area contributed by atoms with E-state index >= 15 is 0 Å². The van der Waals surface area contributed by atoms with E-state index in [1.165, 1.54) is 6.07 Å². The number of cyclic esters (lactones) is 1. The molecule has 1 fully saturated rings. The summed E-state index contributed by atoms with van der Waals surface area (Å²) in [5, 5.41) is 17.9. The number of allylic oxidation sites excluding steroid dienone is 3. The number of rotatable bonds is 4. The molecular weight excluding hydrogens is 458 g/mol. The number of nitrogens with zero attached hydrogens (tertiary/aromatic N) is 2. The van der Waals surface area contributed by atoms with Crippen LogP contribution in [0, 0.1) is 0 Å². The van der Waals surface area contributed by atoms with Crippen LogP contribution in [0.2, 0.25) is 5.02 Å². The van der Waals surface area contributed by atoms with Gasteiger partial charge in [-0.25, -0.2) is 4.79 Å². The van der Waals surface area contributed by atoms with Crippen LogP contribution in [0.5, 0.6) is 5.75 Å². The number of phenols is 1. The molecule has 0 atom stereocenters. The first-order chi connectivity index (χ1) is 16.5. The lowest BCUT2D eigenvalue weighted by molar-refractivity contribution is -0.136. The number of benzene rings is 1. The summed E-state index contributed by atoms with van der Waals surface area (Å²) in [4.78, 5) is 32.5. The van der Waals surface area contributed by atoms with E-state index in [2.05, 4.69) is 10.5 Å². The molecule has 1 aromatic rings. The van der Waals surface area contributed by atoms with E-state index in [1.54, 1.807) is 11.0 Å². The third-order valence-corrected chi connectivity index (χ3v) is 6.12. The zero-order valence-corrected chi connectivity index (χ0v) is 20.3. The Morgan fingerprint density at radius 2 is 1.97 bits per heavy atom. The quantitative estimate of drug-likeness (QED) is 0.382. The maximum atomic E-state index is 13.0. The number of nitrogens with one attached hydrogen (secondary N) is 1. The molecule has 2 aliphatic rings. The Bertz CT molecular complexity index is 968. The van der Waals surface area contributed by atoms with E-state index < -0.39 is 5.97 Å².